The van der Waals surface area contributed by atoms with Crippen molar-refractivity contribution in [3.8, 4) is 11.5 Å². The first kappa shape index (κ1) is 26.1. The summed E-state index contributed by atoms with van der Waals surface area (Å²) in [6, 6.07) is 15.3. The molecule has 4 aromatic rings. The number of esters is 1. The van der Waals surface area contributed by atoms with Crippen LogP contribution in [0.3, 0.4) is 0 Å². The van der Waals surface area contributed by atoms with E-state index in [2.05, 4.69) is 4.98 Å². The second-order valence-electron chi connectivity index (χ2n) is 9.15. The van der Waals surface area contributed by atoms with Gasteiger partial charge in [0, 0.05) is 24.6 Å². The van der Waals surface area contributed by atoms with Crippen molar-refractivity contribution in [2.45, 2.75) is 45.9 Å². The number of benzene rings is 2. The third-order valence-electron chi connectivity index (χ3n) is 6.58. The lowest BCUT2D eigenvalue weighted by Gasteiger charge is -2.29. The maximum absolute atomic E-state index is 13.9. The Morgan fingerprint density at radius 2 is 1.82 bits per heavy atom. The van der Waals surface area contributed by atoms with Gasteiger partial charge in [-0.05, 0) is 30.2 Å². The summed E-state index contributed by atoms with van der Waals surface area (Å²) in [6.45, 7) is 3.42. The molecule has 200 valence electrons. The van der Waals surface area contributed by atoms with Crippen LogP contribution in [0.5, 0.6) is 11.5 Å². The number of nitrogens with zero attached hydrogens (tertiary/aromatic N) is 2. The molecule has 0 fully saturated rings. The van der Waals surface area contributed by atoms with Gasteiger partial charge in [-0.2, -0.15) is 0 Å². The number of hydrogen-bond acceptors (Lipinski definition) is 7. The molecule has 1 atom stereocenters. The van der Waals surface area contributed by atoms with Crippen molar-refractivity contribution >= 4 is 22.8 Å². The normalized spacial score (nSPS) is 14.1. The molecule has 0 amide bonds. The summed E-state index contributed by atoms with van der Waals surface area (Å²) in [6.07, 6.45) is 1.17. The smallest absolute Gasteiger partial charge is 0.347 e. The summed E-state index contributed by atoms with van der Waals surface area (Å²) in [5, 5.41) is 0. The third-order valence-corrected chi connectivity index (χ3v) is 6.58. The summed E-state index contributed by atoms with van der Waals surface area (Å²) in [4.78, 5) is 44.3. The molecule has 0 aliphatic carbocycles. The first-order valence-corrected chi connectivity index (χ1v) is 12.8. The van der Waals surface area contributed by atoms with Crippen molar-refractivity contribution in [2.24, 2.45) is 0 Å². The fourth-order valence-electron chi connectivity index (χ4n) is 4.64. The number of carbonyl (C=O) groups excluding carboxylic acids is 2. The molecule has 1 aliphatic rings. The first-order chi connectivity index (χ1) is 18.9. The van der Waals surface area contributed by atoms with Crippen molar-refractivity contribution in [3.05, 3.63) is 99.2 Å². The average molecular weight is 531 g/mol. The molecule has 0 bridgehead atoms. The highest BCUT2D eigenvalue weighted by molar-refractivity contribution is 6.00. The molecule has 9 heteroatoms. The highest BCUT2D eigenvalue weighted by Gasteiger charge is 2.35. The lowest BCUT2D eigenvalue weighted by molar-refractivity contribution is -0.126. The van der Waals surface area contributed by atoms with E-state index in [0.29, 0.717) is 23.3 Å². The molecular weight excluding hydrogens is 503 g/mol. The topological polar surface area (TPSA) is 96.7 Å². The van der Waals surface area contributed by atoms with Gasteiger partial charge >= 0.3 is 5.97 Å². The van der Waals surface area contributed by atoms with Crippen LogP contribution < -0.4 is 15.0 Å². The maximum Gasteiger partial charge on any atom is 0.347 e. The molecule has 5 rings (SSSR count). The van der Waals surface area contributed by atoms with E-state index in [4.69, 9.17) is 14.2 Å². The average Bonchev–Trinajstić information content (AvgIpc) is 2.95. The zero-order valence-corrected chi connectivity index (χ0v) is 21.6. The standard InChI is InChI=1S/C30H27FN2O6/c1-3-22(34)23-16-33-26-25(32-15-20(27(26)39-23)14-18-10-12-21(31)13-11-18)28(24(29(33)35)30(36)37-4-2)38-17-19-8-6-5-7-9-19/h5-13,15,23H,3-4,14,16-17H2,1-2H3/t23-/m1/s1. The molecule has 8 nitrogen and oxygen atoms in total. The Morgan fingerprint density at radius 1 is 1.08 bits per heavy atom. The minimum Gasteiger partial charge on any atom is -0.485 e. The summed E-state index contributed by atoms with van der Waals surface area (Å²) in [5.74, 6) is -1.08. The number of aromatic nitrogens is 2. The van der Waals surface area contributed by atoms with Gasteiger partial charge in [0.15, 0.2) is 28.9 Å². The van der Waals surface area contributed by atoms with E-state index in [1.165, 1.54) is 16.7 Å². The Bertz CT molecular complexity index is 1600. The lowest BCUT2D eigenvalue weighted by Crippen LogP contribution is -2.41. The van der Waals surface area contributed by atoms with Crippen LogP contribution in [-0.4, -0.2) is 34.0 Å². The van der Waals surface area contributed by atoms with E-state index in [1.54, 1.807) is 32.2 Å². The van der Waals surface area contributed by atoms with Crippen LogP contribution in [0, 0.1) is 5.82 Å². The number of ether oxygens (including phenoxy) is 3. The molecule has 39 heavy (non-hydrogen) atoms. The van der Waals surface area contributed by atoms with Crippen LogP contribution in [0.1, 0.15) is 47.3 Å². The lowest BCUT2D eigenvalue weighted by atomic mass is 10.0. The number of hydrogen-bond donors (Lipinski definition) is 0. The van der Waals surface area contributed by atoms with Gasteiger partial charge in [-0.3, -0.25) is 19.1 Å². The second kappa shape index (κ2) is 11.1. The number of rotatable bonds is 9. The fraction of sp³-hybridized carbons (Fsp3) is 0.267. The Morgan fingerprint density at radius 3 is 2.51 bits per heavy atom. The van der Waals surface area contributed by atoms with Crippen LogP contribution in [0.4, 0.5) is 4.39 Å². The molecule has 2 aromatic carbocycles. The highest BCUT2D eigenvalue weighted by Crippen LogP contribution is 2.39. The summed E-state index contributed by atoms with van der Waals surface area (Å²) >= 11 is 0. The van der Waals surface area contributed by atoms with Crippen LogP contribution >= 0.6 is 0 Å². The predicted octanol–water partition coefficient (Wildman–Crippen LogP) is 4.62. The Labute approximate surface area is 224 Å². The molecule has 0 saturated heterocycles. The van der Waals surface area contributed by atoms with Crippen molar-refractivity contribution in [1.82, 2.24) is 9.55 Å². The Kier molecular flexibility index (Phi) is 7.40. The van der Waals surface area contributed by atoms with E-state index < -0.39 is 17.6 Å². The molecule has 0 N–H and O–H groups in total. The zero-order chi connectivity index (χ0) is 27.5. The Hall–Kier alpha value is -4.53. The molecule has 2 aromatic heterocycles. The van der Waals surface area contributed by atoms with E-state index in [-0.39, 0.29) is 54.6 Å². The van der Waals surface area contributed by atoms with E-state index in [1.807, 2.05) is 30.3 Å². The molecule has 3 heterocycles. The first-order valence-electron chi connectivity index (χ1n) is 12.8. The highest BCUT2D eigenvalue weighted by atomic mass is 19.1. The van der Waals surface area contributed by atoms with Crippen molar-refractivity contribution < 1.29 is 28.2 Å². The van der Waals surface area contributed by atoms with E-state index >= 15 is 0 Å². The van der Waals surface area contributed by atoms with E-state index in [0.717, 1.165) is 11.1 Å². The van der Waals surface area contributed by atoms with Gasteiger partial charge in [-0.1, -0.05) is 49.4 Å². The SMILES string of the molecule is CCOC(=O)c1c(OCc2ccccc2)c2ncc(Cc3ccc(F)cc3)c3c2n(c1=O)C[C@H](C(=O)CC)O3. The third kappa shape index (κ3) is 5.12. The van der Waals surface area contributed by atoms with Crippen LogP contribution in [0.15, 0.2) is 65.6 Å². The van der Waals surface area contributed by atoms with Gasteiger partial charge in [0.1, 0.15) is 23.5 Å². The quantitative estimate of drug-likeness (QED) is 0.291. The maximum atomic E-state index is 13.9. The predicted molar refractivity (Wildman–Crippen MR) is 142 cm³/mol. The molecule has 1 aliphatic heterocycles. The molecule has 0 spiro atoms. The van der Waals surface area contributed by atoms with Crippen LogP contribution in [0.2, 0.25) is 0 Å². The number of pyridine rings is 2. The molecular formula is C30H27FN2O6. The van der Waals surface area contributed by atoms with Gasteiger partial charge in [0.2, 0.25) is 0 Å². The van der Waals surface area contributed by atoms with E-state index in [9.17, 15) is 18.8 Å². The molecule has 0 unspecified atom stereocenters. The summed E-state index contributed by atoms with van der Waals surface area (Å²) in [7, 11) is 0. The van der Waals surface area contributed by atoms with Crippen molar-refractivity contribution in [1.29, 1.82) is 0 Å². The molecule has 0 saturated carbocycles. The van der Waals surface area contributed by atoms with Crippen molar-refractivity contribution in [2.75, 3.05) is 6.61 Å². The summed E-state index contributed by atoms with van der Waals surface area (Å²) < 4.78 is 32.4. The largest absolute Gasteiger partial charge is 0.485 e. The van der Waals surface area contributed by atoms with Gasteiger partial charge < -0.3 is 14.2 Å². The molecule has 0 radical (unpaired) electrons. The number of ketones is 1. The number of Topliss-reactive ketones (excluding diaryl/α,β-unsaturated/α-hetero) is 1. The van der Waals surface area contributed by atoms with Crippen LogP contribution in [-0.2, 0) is 29.1 Å². The second-order valence-corrected chi connectivity index (χ2v) is 9.15. The fourth-order valence-corrected chi connectivity index (χ4v) is 4.64. The van der Waals surface area contributed by atoms with Crippen molar-refractivity contribution in [3.63, 3.8) is 0 Å². The number of carbonyl (C=O) groups is 2. The minimum absolute atomic E-state index is 0.00740. The Balaban J connectivity index is 1.72. The van der Waals surface area contributed by atoms with Gasteiger partial charge in [-0.25, -0.2) is 9.18 Å². The number of halogens is 1. The van der Waals surface area contributed by atoms with Gasteiger partial charge in [0.25, 0.3) is 5.56 Å². The van der Waals surface area contributed by atoms with Crippen LogP contribution in [0.25, 0.3) is 11.0 Å². The monoisotopic (exact) mass is 530 g/mol. The zero-order valence-electron chi connectivity index (χ0n) is 21.6. The minimum atomic E-state index is -0.927. The van der Waals surface area contributed by atoms with Gasteiger partial charge in [-0.15, -0.1) is 0 Å². The van der Waals surface area contributed by atoms with Gasteiger partial charge in [0.05, 0.1) is 13.2 Å². The summed E-state index contributed by atoms with van der Waals surface area (Å²) in [5.41, 5.74) is 1.87.